The number of nitrogens with one attached hydrogen (secondary N) is 1. The molecule has 0 saturated carbocycles. The van der Waals surface area contributed by atoms with Crippen LogP contribution in [0, 0.1) is 6.92 Å². The second kappa shape index (κ2) is 5.59. The Labute approximate surface area is 117 Å². The predicted octanol–water partition coefficient (Wildman–Crippen LogP) is 2.99. The van der Waals surface area contributed by atoms with Crippen LogP contribution in [0.1, 0.15) is 11.1 Å². The Morgan fingerprint density at radius 1 is 1.26 bits per heavy atom. The number of aryl methyl sites for hydroxylation is 1. The monoisotopic (exact) mass is 296 g/mol. The Balaban J connectivity index is 2.18. The second-order valence-electron chi connectivity index (χ2n) is 4.20. The third-order valence-corrected chi connectivity index (χ3v) is 4.06. The molecule has 0 aliphatic carbocycles. The van der Waals surface area contributed by atoms with E-state index in [0.29, 0.717) is 16.3 Å². The number of sulfonamides is 1. The number of aromatic nitrogens is 1. The summed E-state index contributed by atoms with van der Waals surface area (Å²) in [6.45, 7) is 1.85. The molecule has 0 bridgehead atoms. The highest BCUT2D eigenvalue weighted by molar-refractivity contribution is 7.91. The summed E-state index contributed by atoms with van der Waals surface area (Å²) in [4.78, 5) is 3.94. The van der Waals surface area contributed by atoms with Crippen molar-refractivity contribution in [3.05, 3.63) is 58.9 Å². The first kappa shape index (κ1) is 13.8. The van der Waals surface area contributed by atoms with Crippen LogP contribution in [0.2, 0.25) is 5.02 Å². The SMILES string of the molecule is Cc1cncc(NS(=O)(=O)Cc2ccccc2Cl)c1. The van der Waals surface area contributed by atoms with Crippen LogP contribution >= 0.6 is 11.6 Å². The zero-order valence-corrected chi connectivity index (χ0v) is 11.9. The van der Waals surface area contributed by atoms with Crippen molar-refractivity contribution in [1.29, 1.82) is 0 Å². The highest BCUT2D eigenvalue weighted by Gasteiger charge is 2.13. The standard InChI is InChI=1S/C13H13ClN2O2S/c1-10-6-12(8-15-7-10)16-19(17,18)9-11-4-2-3-5-13(11)14/h2-8,16H,9H2,1H3. The van der Waals surface area contributed by atoms with E-state index in [0.717, 1.165) is 5.56 Å². The van der Waals surface area contributed by atoms with Crippen molar-refractivity contribution in [1.82, 2.24) is 4.98 Å². The molecule has 0 radical (unpaired) electrons. The van der Waals surface area contributed by atoms with Crippen LogP contribution in [-0.2, 0) is 15.8 Å². The van der Waals surface area contributed by atoms with Gasteiger partial charge in [0.2, 0.25) is 10.0 Å². The topological polar surface area (TPSA) is 59.1 Å². The van der Waals surface area contributed by atoms with Crippen LogP contribution in [-0.4, -0.2) is 13.4 Å². The fraction of sp³-hybridized carbons (Fsp3) is 0.154. The number of nitrogens with zero attached hydrogens (tertiary/aromatic N) is 1. The summed E-state index contributed by atoms with van der Waals surface area (Å²) < 4.78 is 26.6. The summed E-state index contributed by atoms with van der Waals surface area (Å²) in [6, 6.07) is 8.59. The van der Waals surface area contributed by atoms with Gasteiger partial charge >= 0.3 is 0 Å². The second-order valence-corrected chi connectivity index (χ2v) is 6.33. The van der Waals surface area contributed by atoms with Gasteiger partial charge in [-0.2, -0.15) is 0 Å². The van der Waals surface area contributed by atoms with Gasteiger partial charge in [0, 0.05) is 11.2 Å². The van der Waals surface area contributed by atoms with E-state index in [9.17, 15) is 8.42 Å². The van der Waals surface area contributed by atoms with Gasteiger partial charge in [-0.25, -0.2) is 8.42 Å². The molecule has 0 fully saturated rings. The number of halogens is 1. The lowest BCUT2D eigenvalue weighted by Crippen LogP contribution is -2.15. The van der Waals surface area contributed by atoms with Gasteiger partial charge < -0.3 is 0 Å². The van der Waals surface area contributed by atoms with Gasteiger partial charge in [-0.1, -0.05) is 29.8 Å². The maximum Gasteiger partial charge on any atom is 0.237 e. The van der Waals surface area contributed by atoms with Crippen LogP contribution < -0.4 is 4.72 Å². The molecule has 1 aromatic carbocycles. The lowest BCUT2D eigenvalue weighted by atomic mass is 10.2. The number of hydrogen-bond acceptors (Lipinski definition) is 3. The maximum atomic E-state index is 12.0. The van der Waals surface area contributed by atoms with Gasteiger partial charge in [0.15, 0.2) is 0 Å². The van der Waals surface area contributed by atoms with Crippen molar-refractivity contribution >= 4 is 27.3 Å². The zero-order chi connectivity index (χ0) is 13.9. The van der Waals surface area contributed by atoms with Crippen LogP contribution in [0.5, 0.6) is 0 Å². The van der Waals surface area contributed by atoms with Gasteiger partial charge in [-0.3, -0.25) is 9.71 Å². The Hall–Kier alpha value is -1.59. The van der Waals surface area contributed by atoms with Gasteiger partial charge in [0.05, 0.1) is 17.6 Å². The predicted molar refractivity (Wildman–Crippen MR) is 76.7 cm³/mol. The zero-order valence-electron chi connectivity index (χ0n) is 10.3. The van der Waals surface area contributed by atoms with Crippen LogP contribution in [0.4, 0.5) is 5.69 Å². The molecule has 0 saturated heterocycles. The quantitative estimate of drug-likeness (QED) is 0.943. The van der Waals surface area contributed by atoms with Gasteiger partial charge in [-0.05, 0) is 30.2 Å². The minimum atomic E-state index is -3.50. The first-order valence-corrected chi connectivity index (χ1v) is 7.65. The van der Waals surface area contributed by atoms with Gasteiger partial charge in [0.25, 0.3) is 0 Å². The van der Waals surface area contributed by atoms with Gasteiger partial charge in [0.1, 0.15) is 0 Å². The lowest BCUT2D eigenvalue weighted by molar-refractivity contribution is 0.600. The Morgan fingerprint density at radius 3 is 2.68 bits per heavy atom. The normalized spacial score (nSPS) is 11.3. The third kappa shape index (κ3) is 3.94. The molecule has 1 N–H and O–H groups in total. The fourth-order valence-electron chi connectivity index (χ4n) is 1.65. The molecule has 100 valence electrons. The van der Waals surface area contributed by atoms with E-state index in [2.05, 4.69) is 9.71 Å². The van der Waals surface area contributed by atoms with Crippen molar-refractivity contribution in [3.8, 4) is 0 Å². The largest absolute Gasteiger partial charge is 0.282 e. The minimum absolute atomic E-state index is 0.166. The molecule has 4 nitrogen and oxygen atoms in total. The number of pyridine rings is 1. The van der Waals surface area contributed by atoms with Crippen LogP contribution in [0.3, 0.4) is 0 Å². The number of rotatable bonds is 4. The summed E-state index contributed by atoms with van der Waals surface area (Å²) in [5.41, 5.74) is 1.90. The molecular formula is C13H13ClN2O2S. The van der Waals surface area contributed by atoms with E-state index in [4.69, 9.17) is 11.6 Å². The molecule has 1 heterocycles. The first-order chi connectivity index (χ1) is 8.96. The average molecular weight is 297 g/mol. The van der Waals surface area contributed by atoms with E-state index in [-0.39, 0.29) is 5.75 Å². The van der Waals surface area contributed by atoms with E-state index in [1.807, 2.05) is 6.92 Å². The molecule has 0 amide bonds. The molecule has 19 heavy (non-hydrogen) atoms. The summed E-state index contributed by atoms with van der Waals surface area (Å²) in [5.74, 6) is -0.166. The van der Waals surface area contributed by atoms with E-state index < -0.39 is 10.0 Å². The number of hydrogen-bond donors (Lipinski definition) is 1. The van der Waals surface area contributed by atoms with Crippen molar-refractivity contribution in [2.45, 2.75) is 12.7 Å². The molecule has 0 aliphatic rings. The average Bonchev–Trinajstić information content (AvgIpc) is 2.31. The molecular weight excluding hydrogens is 284 g/mol. The van der Waals surface area contributed by atoms with Crippen LogP contribution in [0.25, 0.3) is 0 Å². The highest BCUT2D eigenvalue weighted by atomic mass is 35.5. The molecule has 0 spiro atoms. The summed E-state index contributed by atoms with van der Waals surface area (Å²) in [6.07, 6.45) is 3.13. The molecule has 2 aromatic rings. The summed E-state index contributed by atoms with van der Waals surface area (Å²) >= 11 is 5.95. The fourth-order valence-corrected chi connectivity index (χ4v) is 3.13. The maximum absolute atomic E-state index is 12.0. The Kier molecular flexibility index (Phi) is 4.07. The van der Waals surface area contributed by atoms with Crippen molar-refractivity contribution in [3.63, 3.8) is 0 Å². The molecule has 0 unspecified atom stereocenters. The molecule has 2 rings (SSSR count). The smallest absolute Gasteiger partial charge is 0.237 e. The van der Waals surface area contributed by atoms with E-state index >= 15 is 0 Å². The molecule has 0 atom stereocenters. The molecule has 0 aliphatic heterocycles. The first-order valence-electron chi connectivity index (χ1n) is 5.62. The number of anilines is 1. The molecule has 1 aromatic heterocycles. The highest BCUT2D eigenvalue weighted by Crippen LogP contribution is 2.19. The van der Waals surface area contributed by atoms with E-state index in [1.165, 1.54) is 6.20 Å². The Morgan fingerprint density at radius 2 is 2.00 bits per heavy atom. The van der Waals surface area contributed by atoms with Crippen molar-refractivity contribution < 1.29 is 8.42 Å². The third-order valence-electron chi connectivity index (χ3n) is 2.45. The van der Waals surface area contributed by atoms with Crippen molar-refractivity contribution in [2.75, 3.05) is 4.72 Å². The number of benzene rings is 1. The summed E-state index contributed by atoms with van der Waals surface area (Å²) in [5, 5.41) is 0.440. The lowest BCUT2D eigenvalue weighted by Gasteiger charge is -2.09. The van der Waals surface area contributed by atoms with Crippen molar-refractivity contribution in [2.24, 2.45) is 0 Å². The minimum Gasteiger partial charge on any atom is -0.282 e. The Bertz CT molecular complexity index is 687. The summed E-state index contributed by atoms with van der Waals surface area (Å²) in [7, 11) is -3.50. The molecule has 6 heteroatoms. The van der Waals surface area contributed by atoms with E-state index in [1.54, 1.807) is 36.5 Å². The van der Waals surface area contributed by atoms with Gasteiger partial charge in [-0.15, -0.1) is 0 Å². The van der Waals surface area contributed by atoms with Crippen LogP contribution in [0.15, 0.2) is 42.7 Å².